The van der Waals surface area contributed by atoms with Crippen LogP contribution in [0.25, 0.3) is 0 Å². The third-order valence-electron chi connectivity index (χ3n) is 3.78. The van der Waals surface area contributed by atoms with Crippen molar-refractivity contribution >= 4 is 34.7 Å². The number of rotatable bonds is 6. The first-order valence-corrected chi connectivity index (χ1v) is 9.64. The molecule has 5 nitrogen and oxygen atoms in total. The van der Waals surface area contributed by atoms with Gasteiger partial charge in [0.15, 0.2) is 22.6 Å². The van der Waals surface area contributed by atoms with Gasteiger partial charge >= 0.3 is 0 Å². The number of hydrogen-bond donors (Lipinski definition) is 1. The number of aromatic nitrogens is 3. The molecule has 0 aliphatic heterocycles. The molecule has 0 fully saturated rings. The van der Waals surface area contributed by atoms with E-state index in [0.29, 0.717) is 11.6 Å². The predicted molar refractivity (Wildman–Crippen MR) is 98.4 cm³/mol. The molecule has 0 spiro atoms. The SMILES string of the molecule is CC(Sc1nnc(Cc2cccs2)n1C)C(=O)Nc1ccc(F)c(F)c1F. The highest BCUT2D eigenvalue weighted by Crippen LogP contribution is 2.25. The van der Waals surface area contributed by atoms with E-state index in [9.17, 15) is 18.0 Å². The van der Waals surface area contributed by atoms with Gasteiger partial charge in [-0.25, -0.2) is 13.2 Å². The second-order valence-electron chi connectivity index (χ2n) is 5.69. The number of nitrogens with zero attached hydrogens (tertiary/aromatic N) is 3. The van der Waals surface area contributed by atoms with Gasteiger partial charge in [-0.05, 0) is 30.5 Å². The van der Waals surface area contributed by atoms with Gasteiger partial charge in [0.2, 0.25) is 5.91 Å². The fraction of sp³-hybridized carbons (Fsp3) is 0.235. The van der Waals surface area contributed by atoms with Gasteiger partial charge < -0.3 is 9.88 Å². The van der Waals surface area contributed by atoms with E-state index in [1.54, 1.807) is 29.9 Å². The molecule has 0 radical (unpaired) electrons. The van der Waals surface area contributed by atoms with Crippen molar-refractivity contribution in [1.29, 1.82) is 0 Å². The molecule has 1 N–H and O–H groups in total. The van der Waals surface area contributed by atoms with Crippen LogP contribution in [-0.2, 0) is 18.3 Å². The normalized spacial score (nSPS) is 12.2. The fourth-order valence-electron chi connectivity index (χ4n) is 2.24. The second kappa shape index (κ2) is 8.13. The minimum Gasteiger partial charge on any atom is -0.323 e. The quantitative estimate of drug-likeness (QED) is 0.491. The maximum absolute atomic E-state index is 13.7. The Morgan fingerprint density at radius 2 is 2.04 bits per heavy atom. The molecule has 2 heterocycles. The number of nitrogens with one attached hydrogen (secondary N) is 1. The van der Waals surface area contributed by atoms with Crippen molar-refractivity contribution in [3.05, 3.63) is 57.8 Å². The molecular formula is C17H15F3N4OS2. The number of benzene rings is 1. The lowest BCUT2D eigenvalue weighted by atomic mass is 10.2. The Hall–Kier alpha value is -2.33. The van der Waals surface area contributed by atoms with Gasteiger partial charge in [-0.15, -0.1) is 21.5 Å². The zero-order valence-electron chi connectivity index (χ0n) is 14.4. The maximum Gasteiger partial charge on any atom is 0.237 e. The van der Waals surface area contributed by atoms with Crippen LogP contribution in [0.5, 0.6) is 0 Å². The van der Waals surface area contributed by atoms with Gasteiger partial charge in [-0.3, -0.25) is 4.79 Å². The Kier molecular flexibility index (Phi) is 5.85. The summed E-state index contributed by atoms with van der Waals surface area (Å²) < 4.78 is 41.7. The molecule has 142 valence electrons. The number of carbonyl (C=O) groups is 1. The standard InChI is InChI=1S/C17H15F3N4OS2/c1-9(16(25)21-12-6-5-11(18)14(19)15(12)20)27-17-23-22-13(24(17)2)8-10-4-3-7-26-10/h3-7,9H,8H2,1-2H3,(H,21,25). The molecule has 1 unspecified atom stereocenters. The first-order chi connectivity index (χ1) is 12.9. The first kappa shape index (κ1) is 19.4. The molecule has 3 aromatic rings. The Morgan fingerprint density at radius 3 is 2.74 bits per heavy atom. The lowest BCUT2D eigenvalue weighted by Gasteiger charge is -2.12. The van der Waals surface area contributed by atoms with Crippen molar-refractivity contribution in [3.63, 3.8) is 0 Å². The monoisotopic (exact) mass is 412 g/mol. The highest BCUT2D eigenvalue weighted by molar-refractivity contribution is 8.00. The van der Waals surface area contributed by atoms with E-state index in [4.69, 9.17) is 0 Å². The van der Waals surface area contributed by atoms with Crippen LogP contribution in [0.1, 0.15) is 17.6 Å². The van der Waals surface area contributed by atoms with Crippen LogP contribution in [0.3, 0.4) is 0 Å². The number of thioether (sulfide) groups is 1. The summed E-state index contributed by atoms with van der Waals surface area (Å²) in [4.78, 5) is 13.4. The van der Waals surface area contributed by atoms with Crippen molar-refractivity contribution in [2.45, 2.75) is 23.8 Å². The lowest BCUT2D eigenvalue weighted by molar-refractivity contribution is -0.115. The number of amides is 1. The summed E-state index contributed by atoms with van der Waals surface area (Å²) in [5, 5.41) is 12.3. The number of carbonyl (C=O) groups excluding carboxylic acids is 1. The van der Waals surface area contributed by atoms with Gasteiger partial charge in [-0.1, -0.05) is 17.8 Å². The fourth-order valence-corrected chi connectivity index (χ4v) is 3.77. The molecule has 0 bridgehead atoms. The summed E-state index contributed by atoms with van der Waals surface area (Å²) in [7, 11) is 1.80. The molecule has 0 saturated heterocycles. The van der Waals surface area contributed by atoms with Crippen LogP contribution in [0.4, 0.5) is 18.9 Å². The van der Waals surface area contributed by atoms with Crippen LogP contribution in [0, 0.1) is 17.5 Å². The third-order valence-corrected chi connectivity index (χ3v) is 5.79. The predicted octanol–water partition coefficient (Wildman–Crippen LogP) is 4.00. The average molecular weight is 412 g/mol. The minimum atomic E-state index is -1.63. The van der Waals surface area contributed by atoms with Crippen LogP contribution >= 0.6 is 23.1 Å². The lowest BCUT2D eigenvalue weighted by Crippen LogP contribution is -2.23. The van der Waals surface area contributed by atoms with Crippen molar-refractivity contribution in [1.82, 2.24) is 14.8 Å². The number of thiophene rings is 1. The van der Waals surface area contributed by atoms with Crippen LogP contribution in [0.2, 0.25) is 0 Å². The first-order valence-electron chi connectivity index (χ1n) is 7.88. The highest BCUT2D eigenvalue weighted by Gasteiger charge is 2.21. The zero-order chi connectivity index (χ0) is 19.6. The van der Waals surface area contributed by atoms with Gasteiger partial charge in [-0.2, -0.15) is 0 Å². The van der Waals surface area contributed by atoms with Crippen LogP contribution < -0.4 is 5.32 Å². The topological polar surface area (TPSA) is 59.8 Å². The summed E-state index contributed by atoms with van der Waals surface area (Å²) in [5.74, 6) is -4.19. The molecule has 1 aromatic carbocycles. The van der Waals surface area contributed by atoms with Crippen LogP contribution in [-0.4, -0.2) is 25.9 Å². The molecule has 0 saturated carbocycles. The number of halogens is 3. The molecule has 27 heavy (non-hydrogen) atoms. The highest BCUT2D eigenvalue weighted by atomic mass is 32.2. The summed E-state index contributed by atoms with van der Waals surface area (Å²) in [5.41, 5.74) is -0.414. The van der Waals surface area contributed by atoms with E-state index >= 15 is 0 Å². The Morgan fingerprint density at radius 1 is 1.26 bits per heavy atom. The average Bonchev–Trinajstić information content (AvgIpc) is 3.27. The Labute approximate surface area is 161 Å². The minimum absolute atomic E-state index is 0.414. The molecular weight excluding hydrogens is 397 g/mol. The van der Waals surface area contributed by atoms with Gasteiger partial charge in [0.1, 0.15) is 5.82 Å². The smallest absolute Gasteiger partial charge is 0.237 e. The van der Waals surface area contributed by atoms with E-state index in [1.165, 1.54) is 0 Å². The van der Waals surface area contributed by atoms with E-state index in [1.807, 2.05) is 17.5 Å². The summed E-state index contributed by atoms with van der Waals surface area (Å²) in [6.45, 7) is 1.60. The van der Waals surface area contributed by atoms with Gasteiger partial charge in [0.25, 0.3) is 0 Å². The summed E-state index contributed by atoms with van der Waals surface area (Å²) >= 11 is 2.75. The van der Waals surface area contributed by atoms with Crippen molar-refractivity contribution in [2.75, 3.05) is 5.32 Å². The van der Waals surface area contributed by atoms with Gasteiger partial charge in [0.05, 0.1) is 10.9 Å². The van der Waals surface area contributed by atoms with Crippen LogP contribution in [0.15, 0.2) is 34.8 Å². The van der Waals surface area contributed by atoms with Crippen molar-refractivity contribution < 1.29 is 18.0 Å². The summed E-state index contributed by atoms with van der Waals surface area (Å²) in [6.07, 6.45) is 0.627. The molecule has 1 atom stereocenters. The molecule has 0 aliphatic rings. The van der Waals surface area contributed by atoms with Gasteiger partial charge in [0, 0.05) is 18.3 Å². The Bertz CT molecular complexity index is 959. The van der Waals surface area contributed by atoms with E-state index in [0.717, 1.165) is 34.6 Å². The zero-order valence-corrected chi connectivity index (χ0v) is 16.0. The molecule has 3 rings (SSSR count). The third kappa shape index (κ3) is 4.33. The molecule has 10 heteroatoms. The molecule has 0 aliphatic carbocycles. The van der Waals surface area contributed by atoms with E-state index in [-0.39, 0.29) is 0 Å². The molecule has 2 aromatic heterocycles. The largest absolute Gasteiger partial charge is 0.323 e. The van der Waals surface area contributed by atoms with E-state index in [2.05, 4.69) is 15.5 Å². The summed E-state index contributed by atoms with van der Waals surface area (Å²) in [6, 6.07) is 5.68. The number of hydrogen-bond acceptors (Lipinski definition) is 5. The van der Waals surface area contributed by atoms with Crippen molar-refractivity contribution in [2.24, 2.45) is 7.05 Å². The number of anilines is 1. The maximum atomic E-state index is 13.7. The molecule has 1 amide bonds. The van der Waals surface area contributed by atoms with Crippen molar-refractivity contribution in [3.8, 4) is 0 Å². The van der Waals surface area contributed by atoms with E-state index < -0.39 is 34.3 Å². The second-order valence-corrected chi connectivity index (χ2v) is 8.03. The Balaban J connectivity index is 1.67.